The van der Waals surface area contributed by atoms with Crippen molar-refractivity contribution in [2.24, 2.45) is 5.73 Å². The van der Waals surface area contributed by atoms with Gasteiger partial charge in [-0.2, -0.15) is 0 Å². The van der Waals surface area contributed by atoms with Gasteiger partial charge in [0.1, 0.15) is 0 Å². The molecule has 0 atom stereocenters. The molecule has 0 aromatic rings. The summed E-state index contributed by atoms with van der Waals surface area (Å²) >= 11 is 0. The Morgan fingerprint density at radius 3 is 2.18 bits per heavy atom. The molecule has 1 nitrogen and oxygen atoms in total. The molecule has 0 rings (SSSR count). The molecule has 0 aromatic heterocycles. The minimum Gasteiger partial charge on any atom is -0.404 e. The van der Waals surface area contributed by atoms with Crippen LogP contribution in [0.5, 0.6) is 0 Å². The fourth-order valence-electron chi connectivity index (χ4n) is 0.821. The maximum absolute atomic E-state index is 5.38. The molecule has 0 radical (unpaired) electrons. The third-order valence-electron chi connectivity index (χ3n) is 1.39. The largest absolute Gasteiger partial charge is 0.404 e. The van der Waals surface area contributed by atoms with Crippen LogP contribution in [0.4, 0.5) is 0 Å². The number of allylic oxidation sites excluding steroid dienone is 6. The molecule has 2 N–H and O–H groups in total. The third-order valence-corrected chi connectivity index (χ3v) is 1.39. The van der Waals surface area contributed by atoms with E-state index in [0.717, 1.165) is 11.1 Å². The maximum Gasteiger partial charge on any atom is 0.00172 e. The Morgan fingerprint density at radius 1 is 1.27 bits per heavy atom. The van der Waals surface area contributed by atoms with Crippen LogP contribution >= 0.6 is 0 Å². The molecule has 0 aliphatic heterocycles. The van der Waals surface area contributed by atoms with Gasteiger partial charge in [-0.1, -0.05) is 30.9 Å². The maximum atomic E-state index is 5.38. The summed E-state index contributed by atoms with van der Waals surface area (Å²) in [5.74, 6) is 0. The van der Waals surface area contributed by atoms with Gasteiger partial charge in [0.2, 0.25) is 0 Å². The molecule has 11 heavy (non-hydrogen) atoms. The molecule has 0 fully saturated rings. The van der Waals surface area contributed by atoms with E-state index in [1.165, 1.54) is 0 Å². The van der Waals surface area contributed by atoms with Gasteiger partial charge < -0.3 is 5.73 Å². The summed E-state index contributed by atoms with van der Waals surface area (Å²) in [5.41, 5.74) is 7.45. The van der Waals surface area contributed by atoms with Crippen molar-refractivity contribution in [3.63, 3.8) is 0 Å². The van der Waals surface area contributed by atoms with E-state index in [0.29, 0.717) is 0 Å². The van der Waals surface area contributed by atoms with E-state index in [1.807, 2.05) is 32.1 Å². The first-order valence-corrected chi connectivity index (χ1v) is 3.63. The van der Waals surface area contributed by atoms with Crippen molar-refractivity contribution in [1.29, 1.82) is 0 Å². The highest BCUT2D eigenvalue weighted by atomic mass is 14.5. The van der Waals surface area contributed by atoms with Crippen LogP contribution in [0.25, 0.3) is 0 Å². The van der Waals surface area contributed by atoms with Gasteiger partial charge in [-0.15, -0.1) is 0 Å². The molecule has 0 spiro atoms. The summed E-state index contributed by atoms with van der Waals surface area (Å²) in [6, 6.07) is 0. The lowest BCUT2D eigenvalue weighted by atomic mass is 10.1. The normalized spacial score (nSPS) is 14.0. The number of hydrogen-bond acceptors (Lipinski definition) is 1. The van der Waals surface area contributed by atoms with Crippen LogP contribution in [0.2, 0.25) is 0 Å². The van der Waals surface area contributed by atoms with E-state index in [4.69, 9.17) is 5.73 Å². The Balaban J connectivity index is 4.64. The first-order valence-electron chi connectivity index (χ1n) is 3.63. The lowest BCUT2D eigenvalue weighted by Gasteiger charge is -1.99. The van der Waals surface area contributed by atoms with Gasteiger partial charge in [0, 0.05) is 6.20 Å². The Hall–Kier alpha value is -1.24. The van der Waals surface area contributed by atoms with E-state index >= 15 is 0 Å². The van der Waals surface area contributed by atoms with Crippen LogP contribution in [0.3, 0.4) is 0 Å². The lowest BCUT2D eigenvalue weighted by molar-refractivity contribution is 1.43. The molecular formula is C10H15N. The van der Waals surface area contributed by atoms with Crippen molar-refractivity contribution in [2.45, 2.75) is 13.8 Å². The van der Waals surface area contributed by atoms with Crippen molar-refractivity contribution in [1.82, 2.24) is 0 Å². The minimum atomic E-state index is 0.964. The molecule has 0 aromatic carbocycles. The van der Waals surface area contributed by atoms with Crippen LogP contribution in [-0.2, 0) is 0 Å². The first-order chi connectivity index (χ1) is 5.29. The summed E-state index contributed by atoms with van der Waals surface area (Å²) in [7, 11) is 0. The molecular weight excluding hydrogens is 134 g/mol. The van der Waals surface area contributed by atoms with Crippen molar-refractivity contribution >= 4 is 0 Å². The lowest BCUT2D eigenvalue weighted by Crippen LogP contribution is -1.88. The van der Waals surface area contributed by atoms with Gasteiger partial charge in [-0.3, -0.25) is 0 Å². The average Bonchev–Trinajstić information content (AvgIpc) is 2.05. The Morgan fingerprint density at radius 2 is 1.91 bits per heavy atom. The SMILES string of the molecule is C=CC(=C/N)/C(/C=C\C)=C\C. The average molecular weight is 149 g/mol. The molecule has 0 aliphatic rings. The molecule has 1 heteroatoms. The summed E-state index contributed by atoms with van der Waals surface area (Å²) < 4.78 is 0. The zero-order valence-corrected chi connectivity index (χ0v) is 7.17. The quantitative estimate of drug-likeness (QED) is 0.613. The van der Waals surface area contributed by atoms with Gasteiger partial charge in [0.05, 0.1) is 0 Å². The second-order valence-electron chi connectivity index (χ2n) is 2.07. The Bertz CT molecular complexity index is 207. The highest BCUT2D eigenvalue weighted by Gasteiger charge is 1.92. The minimum absolute atomic E-state index is 0.964. The van der Waals surface area contributed by atoms with Gasteiger partial charge in [-0.25, -0.2) is 0 Å². The molecule has 0 aliphatic carbocycles. The van der Waals surface area contributed by atoms with Gasteiger partial charge in [0.15, 0.2) is 0 Å². The van der Waals surface area contributed by atoms with Crippen LogP contribution in [-0.4, -0.2) is 0 Å². The second kappa shape index (κ2) is 5.54. The summed E-state index contributed by atoms with van der Waals surface area (Å²) in [6.45, 7) is 7.61. The molecule has 0 unspecified atom stereocenters. The van der Waals surface area contributed by atoms with E-state index in [2.05, 4.69) is 6.58 Å². The fourth-order valence-corrected chi connectivity index (χ4v) is 0.821. The first kappa shape index (κ1) is 9.76. The smallest absolute Gasteiger partial charge is 0.00172 e. The van der Waals surface area contributed by atoms with Crippen LogP contribution < -0.4 is 5.73 Å². The van der Waals surface area contributed by atoms with E-state index in [-0.39, 0.29) is 0 Å². The summed E-state index contributed by atoms with van der Waals surface area (Å²) in [4.78, 5) is 0. The molecule has 0 saturated heterocycles. The van der Waals surface area contributed by atoms with E-state index < -0.39 is 0 Å². The highest BCUT2D eigenvalue weighted by molar-refractivity contribution is 5.44. The predicted molar refractivity (Wildman–Crippen MR) is 51.0 cm³/mol. The van der Waals surface area contributed by atoms with Crippen LogP contribution in [0.1, 0.15) is 13.8 Å². The Labute approximate surface area is 68.6 Å². The van der Waals surface area contributed by atoms with Gasteiger partial charge >= 0.3 is 0 Å². The van der Waals surface area contributed by atoms with Gasteiger partial charge in [-0.05, 0) is 25.0 Å². The van der Waals surface area contributed by atoms with Crippen molar-refractivity contribution in [3.05, 3.63) is 48.2 Å². The van der Waals surface area contributed by atoms with Crippen molar-refractivity contribution in [3.8, 4) is 0 Å². The van der Waals surface area contributed by atoms with Crippen LogP contribution in [0.15, 0.2) is 48.2 Å². The molecule has 60 valence electrons. The monoisotopic (exact) mass is 149 g/mol. The van der Waals surface area contributed by atoms with E-state index in [1.54, 1.807) is 12.3 Å². The molecule has 0 saturated carbocycles. The van der Waals surface area contributed by atoms with Crippen molar-refractivity contribution in [2.75, 3.05) is 0 Å². The summed E-state index contributed by atoms with van der Waals surface area (Å²) in [5, 5.41) is 0. The van der Waals surface area contributed by atoms with Crippen molar-refractivity contribution < 1.29 is 0 Å². The number of hydrogen-bond donors (Lipinski definition) is 1. The zero-order valence-electron chi connectivity index (χ0n) is 7.17. The molecule has 0 bridgehead atoms. The van der Waals surface area contributed by atoms with E-state index in [9.17, 15) is 0 Å². The second-order valence-corrected chi connectivity index (χ2v) is 2.07. The standard InChI is InChI=1S/C10H15N/c1-4-7-9(5-2)10(6-3)8-11/h4-8H,3,11H2,1-2H3/b7-4-,9-5-,10-8-. The van der Waals surface area contributed by atoms with Crippen LogP contribution in [0, 0.1) is 0 Å². The number of rotatable bonds is 3. The zero-order chi connectivity index (χ0) is 8.69. The molecule has 0 heterocycles. The Kier molecular flexibility index (Phi) is 4.91. The number of nitrogens with two attached hydrogens (primary N) is 1. The summed E-state index contributed by atoms with van der Waals surface area (Å²) in [6.07, 6.45) is 9.28. The topological polar surface area (TPSA) is 26.0 Å². The van der Waals surface area contributed by atoms with Gasteiger partial charge in [0.25, 0.3) is 0 Å². The predicted octanol–water partition coefficient (Wildman–Crippen LogP) is 2.54. The molecule has 0 amide bonds. The third kappa shape index (κ3) is 2.89. The highest BCUT2D eigenvalue weighted by Crippen LogP contribution is 2.10. The fraction of sp³-hybridized carbons (Fsp3) is 0.200.